The summed E-state index contributed by atoms with van der Waals surface area (Å²) in [5.74, 6) is 0.735. The number of aromatic nitrogens is 4. The average Bonchev–Trinajstić information content (AvgIpc) is 2.97. The minimum Gasteiger partial charge on any atom is -0.355 e. The number of rotatable bonds is 5. The molecular weight excluding hydrogens is 322 g/mol. The predicted molar refractivity (Wildman–Crippen MR) is 94.0 cm³/mol. The van der Waals surface area contributed by atoms with Gasteiger partial charge in [0.1, 0.15) is 0 Å². The molecule has 1 aliphatic carbocycles. The summed E-state index contributed by atoms with van der Waals surface area (Å²) in [6, 6.07) is 8.62. The van der Waals surface area contributed by atoms with Crippen molar-refractivity contribution in [3.05, 3.63) is 35.4 Å². The van der Waals surface area contributed by atoms with Crippen LogP contribution in [-0.2, 0) is 17.3 Å². The number of fused-ring (bicyclic) bond motifs is 1. The highest BCUT2D eigenvalue weighted by Crippen LogP contribution is 2.42. The minimum absolute atomic E-state index is 0.0188. The maximum Gasteiger partial charge on any atom is 0.230 e. The quantitative estimate of drug-likeness (QED) is 0.842. The van der Waals surface area contributed by atoms with E-state index in [-0.39, 0.29) is 11.3 Å². The lowest BCUT2D eigenvalue weighted by Gasteiger charge is -2.37. The molecule has 1 amide bonds. The largest absolute Gasteiger partial charge is 0.355 e. The molecule has 0 bridgehead atoms. The molecule has 0 aliphatic heterocycles. The smallest absolute Gasteiger partial charge is 0.230 e. The Hall–Kier alpha value is -1.89. The molecule has 6 nitrogen and oxygen atoms in total. The maximum atomic E-state index is 12.1. The van der Waals surface area contributed by atoms with Gasteiger partial charge in [0, 0.05) is 19.5 Å². The molecule has 1 aromatic heterocycles. The number of hydrogen-bond donors (Lipinski definition) is 1. The van der Waals surface area contributed by atoms with Crippen LogP contribution in [0.4, 0.5) is 0 Å². The number of thioether (sulfide) groups is 1. The van der Waals surface area contributed by atoms with E-state index in [1.807, 2.05) is 0 Å². The van der Waals surface area contributed by atoms with E-state index in [1.165, 1.54) is 22.9 Å². The molecule has 24 heavy (non-hydrogen) atoms. The fraction of sp³-hybridized carbons (Fsp3) is 0.529. The number of tetrazole rings is 1. The Kier molecular flexibility index (Phi) is 4.89. The Morgan fingerprint density at radius 3 is 2.96 bits per heavy atom. The normalized spacial score (nSPS) is 18.9. The number of benzene rings is 1. The van der Waals surface area contributed by atoms with Crippen molar-refractivity contribution in [2.75, 3.05) is 12.3 Å². The second kappa shape index (κ2) is 6.93. The number of aryl methyl sites for hydroxylation is 1. The van der Waals surface area contributed by atoms with E-state index < -0.39 is 0 Å². The Balaban J connectivity index is 1.57. The molecular formula is C17H23N5OS. The zero-order chi connectivity index (χ0) is 17.2. The van der Waals surface area contributed by atoms with Crippen LogP contribution in [0.25, 0.3) is 0 Å². The van der Waals surface area contributed by atoms with Crippen LogP contribution in [0.1, 0.15) is 43.7 Å². The van der Waals surface area contributed by atoms with E-state index in [0.717, 1.165) is 12.8 Å². The number of hydrogen-bond acceptors (Lipinski definition) is 5. The molecule has 1 aromatic carbocycles. The molecule has 0 fully saturated rings. The van der Waals surface area contributed by atoms with E-state index in [4.69, 9.17) is 0 Å². The van der Waals surface area contributed by atoms with E-state index in [0.29, 0.717) is 23.4 Å². The monoisotopic (exact) mass is 345 g/mol. The summed E-state index contributed by atoms with van der Waals surface area (Å²) in [6.45, 7) is 5.28. The van der Waals surface area contributed by atoms with Crippen molar-refractivity contribution in [1.82, 2.24) is 25.5 Å². The second-order valence-corrected chi connectivity index (χ2v) is 7.83. The number of nitrogens with zero attached hydrogens (tertiary/aromatic N) is 4. The molecule has 0 saturated carbocycles. The maximum absolute atomic E-state index is 12.1. The van der Waals surface area contributed by atoms with Crippen LogP contribution in [0.3, 0.4) is 0 Å². The Labute approximate surface area is 146 Å². The number of carbonyl (C=O) groups excluding carboxylic acids is 1. The highest BCUT2D eigenvalue weighted by Gasteiger charge is 2.32. The van der Waals surface area contributed by atoms with Crippen LogP contribution in [0.15, 0.2) is 29.4 Å². The van der Waals surface area contributed by atoms with Gasteiger partial charge in [0.2, 0.25) is 11.1 Å². The molecule has 0 radical (unpaired) electrons. The SMILES string of the molecule is Cn1nnnc1SCC(=O)NC[C@H]1CCC(C)(C)c2ccccc21. The van der Waals surface area contributed by atoms with Crippen molar-refractivity contribution in [1.29, 1.82) is 0 Å². The van der Waals surface area contributed by atoms with Gasteiger partial charge >= 0.3 is 0 Å². The van der Waals surface area contributed by atoms with Gasteiger partial charge in [-0.15, -0.1) is 5.10 Å². The van der Waals surface area contributed by atoms with E-state index >= 15 is 0 Å². The second-order valence-electron chi connectivity index (χ2n) is 6.88. The topological polar surface area (TPSA) is 72.7 Å². The van der Waals surface area contributed by atoms with Crippen LogP contribution in [-0.4, -0.2) is 38.4 Å². The van der Waals surface area contributed by atoms with Crippen molar-refractivity contribution in [3.8, 4) is 0 Å². The van der Waals surface area contributed by atoms with Gasteiger partial charge in [-0.2, -0.15) is 0 Å². The fourth-order valence-corrected chi connectivity index (χ4v) is 3.95. The van der Waals surface area contributed by atoms with E-state index in [2.05, 4.69) is 59.0 Å². The van der Waals surface area contributed by atoms with Crippen LogP contribution in [0.5, 0.6) is 0 Å². The summed E-state index contributed by atoms with van der Waals surface area (Å²) in [7, 11) is 1.76. The molecule has 1 atom stereocenters. The lowest BCUT2D eigenvalue weighted by Crippen LogP contribution is -2.34. The van der Waals surface area contributed by atoms with E-state index in [9.17, 15) is 4.79 Å². The van der Waals surface area contributed by atoms with Gasteiger partial charge in [0.15, 0.2) is 0 Å². The summed E-state index contributed by atoms with van der Waals surface area (Å²) in [5, 5.41) is 14.9. The van der Waals surface area contributed by atoms with Crippen LogP contribution < -0.4 is 5.32 Å². The van der Waals surface area contributed by atoms with Crippen LogP contribution in [0.2, 0.25) is 0 Å². The third kappa shape index (κ3) is 3.61. The highest BCUT2D eigenvalue weighted by atomic mass is 32.2. The summed E-state index contributed by atoms with van der Waals surface area (Å²) in [6.07, 6.45) is 2.24. The zero-order valence-electron chi connectivity index (χ0n) is 14.3. The molecule has 128 valence electrons. The predicted octanol–water partition coefficient (Wildman–Crippen LogP) is 2.27. The van der Waals surface area contributed by atoms with Crippen molar-refractivity contribution in [3.63, 3.8) is 0 Å². The highest BCUT2D eigenvalue weighted by molar-refractivity contribution is 7.99. The lowest BCUT2D eigenvalue weighted by molar-refractivity contribution is -0.118. The van der Waals surface area contributed by atoms with Gasteiger partial charge < -0.3 is 5.32 Å². The minimum atomic E-state index is 0.0188. The standard InChI is InChI=1S/C17H23N5OS/c1-17(2)9-8-12(13-6-4-5-7-14(13)17)10-18-15(23)11-24-16-19-20-21-22(16)3/h4-7,12H,8-11H2,1-3H3,(H,18,23)/t12-/m1/s1. The molecule has 2 aromatic rings. The van der Waals surface area contributed by atoms with Gasteiger partial charge in [0.05, 0.1) is 5.75 Å². The summed E-state index contributed by atoms with van der Waals surface area (Å²) < 4.78 is 1.57. The van der Waals surface area contributed by atoms with Crippen molar-refractivity contribution >= 4 is 17.7 Å². The molecule has 1 heterocycles. The molecule has 0 unspecified atom stereocenters. The third-order valence-corrected chi connectivity index (χ3v) is 5.72. The Morgan fingerprint density at radius 2 is 2.21 bits per heavy atom. The first-order chi connectivity index (χ1) is 11.5. The lowest BCUT2D eigenvalue weighted by atomic mass is 9.69. The van der Waals surface area contributed by atoms with Gasteiger partial charge in [-0.1, -0.05) is 49.9 Å². The van der Waals surface area contributed by atoms with Crippen molar-refractivity contribution in [2.45, 2.75) is 43.2 Å². The summed E-state index contributed by atoms with van der Waals surface area (Å²) in [4.78, 5) is 12.1. The van der Waals surface area contributed by atoms with Gasteiger partial charge in [-0.3, -0.25) is 4.79 Å². The van der Waals surface area contributed by atoms with Crippen LogP contribution >= 0.6 is 11.8 Å². The number of carbonyl (C=O) groups is 1. The average molecular weight is 345 g/mol. The molecule has 1 aliphatic rings. The first kappa shape index (κ1) is 17.0. The van der Waals surface area contributed by atoms with Crippen LogP contribution in [0, 0.1) is 0 Å². The van der Waals surface area contributed by atoms with Gasteiger partial charge in [-0.05, 0) is 39.8 Å². The third-order valence-electron chi connectivity index (χ3n) is 4.71. The zero-order valence-corrected chi connectivity index (χ0v) is 15.1. The molecule has 0 spiro atoms. The van der Waals surface area contributed by atoms with E-state index in [1.54, 1.807) is 11.7 Å². The van der Waals surface area contributed by atoms with Gasteiger partial charge in [-0.25, -0.2) is 4.68 Å². The Morgan fingerprint density at radius 1 is 1.42 bits per heavy atom. The summed E-state index contributed by atoms with van der Waals surface area (Å²) >= 11 is 1.35. The van der Waals surface area contributed by atoms with Crippen molar-refractivity contribution < 1.29 is 4.79 Å². The summed E-state index contributed by atoms with van der Waals surface area (Å²) in [5.41, 5.74) is 3.00. The molecule has 3 rings (SSSR count). The number of amides is 1. The Bertz CT molecular complexity index is 727. The molecule has 0 saturated heterocycles. The first-order valence-corrected chi connectivity index (χ1v) is 9.17. The number of nitrogens with one attached hydrogen (secondary N) is 1. The first-order valence-electron chi connectivity index (χ1n) is 8.18. The fourth-order valence-electron chi connectivity index (χ4n) is 3.27. The molecule has 7 heteroatoms. The molecule has 1 N–H and O–H groups in total. The van der Waals surface area contributed by atoms with Gasteiger partial charge in [0.25, 0.3) is 0 Å². The van der Waals surface area contributed by atoms with Crippen molar-refractivity contribution in [2.24, 2.45) is 7.05 Å².